The quantitative estimate of drug-likeness (QED) is 0.902. The van der Waals surface area contributed by atoms with E-state index < -0.39 is 5.60 Å². The Morgan fingerprint density at radius 2 is 2.10 bits per heavy atom. The molecule has 2 bridgehead atoms. The van der Waals surface area contributed by atoms with E-state index in [1.165, 1.54) is 0 Å². The molecule has 4 heteroatoms. The third-order valence-corrected chi connectivity index (χ3v) is 4.62. The van der Waals surface area contributed by atoms with Crippen molar-refractivity contribution >= 4 is 6.09 Å². The average molecular weight is 275 g/mol. The molecule has 2 saturated heterocycles. The Kier molecular flexibility index (Phi) is 3.42. The monoisotopic (exact) mass is 275 g/mol. The minimum absolute atomic E-state index is 0.0930. The van der Waals surface area contributed by atoms with E-state index in [1.54, 1.807) is 4.90 Å². The van der Waals surface area contributed by atoms with Gasteiger partial charge in [0.2, 0.25) is 0 Å². The zero-order chi connectivity index (χ0) is 14.2. The molecule has 2 fully saturated rings. The van der Waals surface area contributed by atoms with Gasteiger partial charge in [0.1, 0.15) is 6.61 Å². The highest BCUT2D eigenvalue weighted by atomic mass is 16.6. The summed E-state index contributed by atoms with van der Waals surface area (Å²) in [5, 5.41) is 10.4. The number of aliphatic hydroxyl groups is 1. The first-order valence-electron chi connectivity index (χ1n) is 7.29. The largest absolute Gasteiger partial charge is 0.445 e. The molecule has 2 aliphatic rings. The number of hydrogen-bond acceptors (Lipinski definition) is 3. The predicted molar refractivity (Wildman–Crippen MR) is 75.1 cm³/mol. The first kappa shape index (κ1) is 13.4. The molecule has 20 heavy (non-hydrogen) atoms. The molecule has 4 nitrogen and oxygen atoms in total. The van der Waals surface area contributed by atoms with Crippen LogP contribution >= 0.6 is 0 Å². The highest BCUT2D eigenvalue weighted by molar-refractivity contribution is 5.69. The molecule has 1 aromatic carbocycles. The van der Waals surface area contributed by atoms with Crippen molar-refractivity contribution in [3.05, 3.63) is 35.9 Å². The van der Waals surface area contributed by atoms with Gasteiger partial charge < -0.3 is 9.84 Å². The minimum Gasteiger partial charge on any atom is -0.445 e. The molecule has 2 aliphatic heterocycles. The van der Waals surface area contributed by atoms with Gasteiger partial charge in [-0.15, -0.1) is 0 Å². The van der Waals surface area contributed by atoms with Gasteiger partial charge in [0.05, 0.1) is 11.6 Å². The molecule has 3 rings (SSSR count). The number of carbonyl (C=O) groups excluding carboxylic acids is 1. The fourth-order valence-corrected chi connectivity index (χ4v) is 3.47. The van der Waals surface area contributed by atoms with Crippen molar-refractivity contribution < 1.29 is 14.6 Å². The topological polar surface area (TPSA) is 49.8 Å². The van der Waals surface area contributed by atoms with E-state index >= 15 is 0 Å². The molecule has 0 aromatic heterocycles. The standard InChI is InChI=1S/C16H21NO3/c1-16(19)10-9-13-7-8-14(16)17(13)15(18)20-11-12-5-3-2-4-6-12/h2-6,13-14,19H,7-11H2,1H3. The number of amides is 1. The Morgan fingerprint density at radius 3 is 2.85 bits per heavy atom. The molecule has 1 amide bonds. The van der Waals surface area contributed by atoms with Crippen LogP contribution < -0.4 is 0 Å². The van der Waals surface area contributed by atoms with E-state index in [2.05, 4.69) is 0 Å². The summed E-state index contributed by atoms with van der Waals surface area (Å²) in [6.07, 6.45) is 3.19. The van der Waals surface area contributed by atoms with E-state index in [0.717, 1.165) is 31.2 Å². The van der Waals surface area contributed by atoms with Crippen LogP contribution in [0.4, 0.5) is 4.79 Å². The molecule has 0 aliphatic carbocycles. The molecule has 108 valence electrons. The number of nitrogens with zero attached hydrogens (tertiary/aromatic N) is 1. The SMILES string of the molecule is CC1(O)CCC2CCC1N2C(=O)OCc1ccccc1. The molecule has 3 unspecified atom stereocenters. The van der Waals surface area contributed by atoms with Crippen LogP contribution in [0.2, 0.25) is 0 Å². The lowest BCUT2D eigenvalue weighted by molar-refractivity contribution is -0.0591. The maximum Gasteiger partial charge on any atom is 0.410 e. The maximum absolute atomic E-state index is 12.3. The predicted octanol–water partition coefficient (Wildman–Crippen LogP) is 2.70. The molecular formula is C16H21NO3. The third kappa shape index (κ3) is 2.40. The zero-order valence-corrected chi connectivity index (χ0v) is 11.8. The van der Waals surface area contributed by atoms with Crippen molar-refractivity contribution in [3.8, 4) is 0 Å². The van der Waals surface area contributed by atoms with E-state index in [9.17, 15) is 9.90 Å². The summed E-state index contributed by atoms with van der Waals surface area (Å²) >= 11 is 0. The number of hydrogen-bond donors (Lipinski definition) is 1. The second-order valence-corrected chi connectivity index (χ2v) is 6.09. The van der Waals surface area contributed by atoms with Crippen molar-refractivity contribution in [3.63, 3.8) is 0 Å². The zero-order valence-electron chi connectivity index (χ0n) is 11.8. The molecule has 1 aromatic rings. The summed E-state index contributed by atoms with van der Waals surface area (Å²) in [6, 6.07) is 9.82. The lowest BCUT2D eigenvalue weighted by Crippen LogP contribution is -2.56. The number of fused-ring (bicyclic) bond motifs is 2. The third-order valence-electron chi connectivity index (χ3n) is 4.62. The van der Waals surface area contributed by atoms with Gasteiger partial charge in [-0.25, -0.2) is 4.79 Å². The summed E-state index contributed by atoms with van der Waals surface area (Å²) in [7, 11) is 0. The molecule has 0 spiro atoms. The van der Waals surface area contributed by atoms with Crippen LogP contribution in [0.3, 0.4) is 0 Å². The summed E-state index contributed by atoms with van der Waals surface area (Å²) < 4.78 is 5.42. The first-order valence-corrected chi connectivity index (χ1v) is 7.29. The highest BCUT2D eigenvalue weighted by Gasteiger charge is 2.50. The number of ether oxygens (including phenoxy) is 1. The highest BCUT2D eigenvalue weighted by Crippen LogP contribution is 2.41. The Labute approximate surface area is 119 Å². The van der Waals surface area contributed by atoms with Crippen LogP contribution in [0.5, 0.6) is 0 Å². The lowest BCUT2D eigenvalue weighted by atomic mass is 9.87. The second-order valence-electron chi connectivity index (χ2n) is 6.09. The number of carbonyl (C=O) groups is 1. The number of piperidine rings is 1. The van der Waals surface area contributed by atoms with Gasteiger partial charge >= 0.3 is 6.09 Å². The van der Waals surface area contributed by atoms with Gasteiger partial charge in [-0.2, -0.15) is 0 Å². The summed E-state index contributed by atoms with van der Waals surface area (Å²) in [4.78, 5) is 14.1. The van der Waals surface area contributed by atoms with Gasteiger partial charge in [-0.1, -0.05) is 30.3 Å². The minimum atomic E-state index is -0.779. The van der Waals surface area contributed by atoms with Gasteiger partial charge in [0.15, 0.2) is 0 Å². The summed E-state index contributed by atoms with van der Waals surface area (Å²) in [5.74, 6) is 0. The molecule has 2 heterocycles. The van der Waals surface area contributed by atoms with Crippen molar-refractivity contribution in [2.45, 2.75) is 56.9 Å². The molecular weight excluding hydrogens is 254 g/mol. The Hall–Kier alpha value is -1.55. The van der Waals surface area contributed by atoms with Gasteiger partial charge in [0.25, 0.3) is 0 Å². The van der Waals surface area contributed by atoms with Crippen LogP contribution in [-0.2, 0) is 11.3 Å². The van der Waals surface area contributed by atoms with E-state index in [-0.39, 0.29) is 24.8 Å². The van der Waals surface area contributed by atoms with Crippen LogP contribution in [0.1, 0.15) is 38.2 Å². The van der Waals surface area contributed by atoms with Crippen LogP contribution in [0.25, 0.3) is 0 Å². The normalized spacial score (nSPS) is 32.2. The van der Waals surface area contributed by atoms with Gasteiger partial charge in [-0.05, 0) is 38.2 Å². The Balaban J connectivity index is 1.65. The van der Waals surface area contributed by atoms with E-state index in [4.69, 9.17) is 4.74 Å². The lowest BCUT2D eigenvalue weighted by Gasteiger charge is -2.43. The van der Waals surface area contributed by atoms with Crippen LogP contribution in [-0.4, -0.2) is 33.8 Å². The van der Waals surface area contributed by atoms with Crippen LogP contribution in [0.15, 0.2) is 30.3 Å². The van der Waals surface area contributed by atoms with Crippen molar-refractivity contribution in [1.29, 1.82) is 0 Å². The van der Waals surface area contributed by atoms with Gasteiger partial charge in [-0.3, -0.25) is 4.90 Å². The van der Waals surface area contributed by atoms with E-state index in [0.29, 0.717) is 0 Å². The molecule has 3 atom stereocenters. The van der Waals surface area contributed by atoms with Crippen molar-refractivity contribution in [2.24, 2.45) is 0 Å². The fraction of sp³-hybridized carbons (Fsp3) is 0.562. The summed E-state index contributed by atoms with van der Waals surface area (Å²) in [6.45, 7) is 2.12. The number of rotatable bonds is 2. The Bertz CT molecular complexity index is 486. The Morgan fingerprint density at radius 1 is 1.35 bits per heavy atom. The fourth-order valence-electron chi connectivity index (χ4n) is 3.47. The van der Waals surface area contributed by atoms with Crippen molar-refractivity contribution in [2.75, 3.05) is 0 Å². The van der Waals surface area contributed by atoms with E-state index in [1.807, 2.05) is 37.3 Å². The maximum atomic E-state index is 12.3. The molecule has 1 N–H and O–H groups in total. The van der Waals surface area contributed by atoms with Crippen LogP contribution in [0, 0.1) is 0 Å². The van der Waals surface area contributed by atoms with Gasteiger partial charge in [0, 0.05) is 6.04 Å². The second kappa shape index (κ2) is 5.09. The smallest absolute Gasteiger partial charge is 0.410 e. The first-order chi connectivity index (χ1) is 9.58. The summed E-state index contributed by atoms with van der Waals surface area (Å²) in [5.41, 5.74) is 0.204. The molecule has 0 saturated carbocycles. The number of benzene rings is 1. The molecule has 0 radical (unpaired) electrons. The van der Waals surface area contributed by atoms with Crippen molar-refractivity contribution in [1.82, 2.24) is 4.90 Å². The average Bonchev–Trinajstić information content (AvgIpc) is 2.82.